The van der Waals surface area contributed by atoms with Gasteiger partial charge in [-0.25, -0.2) is 0 Å². The van der Waals surface area contributed by atoms with Crippen LogP contribution in [-0.4, -0.2) is 27.9 Å². The van der Waals surface area contributed by atoms with Gasteiger partial charge in [0, 0.05) is 6.42 Å². The van der Waals surface area contributed by atoms with E-state index in [-0.39, 0.29) is 17.0 Å². The van der Waals surface area contributed by atoms with Gasteiger partial charge in [0.05, 0.1) is 12.2 Å². The second kappa shape index (κ2) is 7.35. The fourth-order valence-corrected chi connectivity index (χ4v) is 2.26. The van der Waals surface area contributed by atoms with Crippen LogP contribution in [0.4, 0.5) is 0 Å². The number of H-pyrrole nitrogens is 1. The van der Waals surface area contributed by atoms with Crippen LogP contribution in [0.15, 0.2) is 34.2 Å². The van der Waals surface area contributed by atoms with Gasteiger partial charge in [-0.3, -0.25) is 4.79 Å². The lowest BCUT2D eigenvalue weighted by atomic mass is 10.1. The van der Waals surface area contributed by atoms with Gasteiger partial charge in [0.1, 0.15) is 5.75 Å². The summed E-state index contributed by atoms with van der Waals surface area (Å²) in [6, 6.07) is 7.51. The summed E-state index contributed by atoms with van der Waals surface area (Å²) in [5, 5.41) is 10.3. The highest BCUT2D eigenvalue weighted by Crippen LogP contribution is 2.19. The average Bonchev–Trinajstić information content (AvgIpc) is 2.49. The summed E-state index contributed by atoms with van der Waals surface area (Å²) in [6.07, 6.45) is 2.11. The minimum absolute atomic E-state index is 0.215. The minimum atomic E-state index is -0.308. The molecule has 0 unspecified atom stereocenters. The van der Waals surface area contributed by atoms with Crippen molar-refractivity contribution in [3.05, 3.63) is 45.7 Å². The smallest absolute Gasteiger partial charge is 0.258 e. The number of aromatic amines is 1. The first-order chi connectivity index (χ1) is 10.5. The Labute approximate surface area is 133 Å². The highest BCUT2D eigenvalue weighted by atomic mass is 32.2. The Morgan fingerprint density at radius 2 is 2.00 bits per heavy atom. The van der Waals surface area contributed by atoms with E-state index in [9.17, 15) is 9.90 Å². The molecular formula is C16H20N2O3S. The van der Waals surface area contributed by atoms with Crippen molar-refractivity contribution >= 4 is 11.8 Å². The van der Waals surface area contributed by atoms with Crippen molar-refractivity contribution < 1.29 is 9.84 Å². The molecule has 0 bridgehead atoms. The van der Waals surface area contributed by atoms with Crippen molar-refractivity contribution in [1.29, 1.82) is 0 Å². The first-order valence-electron chi connectivity index (χ1n) is 7.07. The molecule has 0 saturated heterocycles. The Morgan fingerprint density at radius 1 is 1.32 bits per heavy atom. The van der Waals surface area contributed by atoms with Crippen molar-refractivity contribution in [3.63, 3.8) is 0 Å². The zero-order valence-electron chi connectivity index (χ0n) is 12.9. The van der Waals surface area contributed by atoms with Crippen LogP contribution in [0.25, 0.3) is 0 Å². The van der Waals surface area contributed by atoms with E-state index < -0.39 is 0 Å². The number of hydrogen-bond donors (Lipinski definition) is 2. The molecule has 0 saturated carbocycles. The third kappa shape index (κ3) is 4.27. The predicted octanol–water partition coefficient (Wildman–Crippen LogP) is 2.82. The van der Waals surface area contributed by atoms with Crippen LogP contribution in [0.1, 0.15) is 25.0 Å². The van der Waals surface area contributed by atoms with E-state index >= 15 is 0 Å². The van der Waals surface area contributed by atoms with Crippen LogP contribution in [0, 0.1) is 5.92 Å². The predicted molar refractivity (Wildman–Crippen MR) is 87.9 cm³/mol. The Bertz CT molecular complexity index is 681. The number of benzene rings is 1. The van der Waals surface area contributed by atoms with Crippen LogP contribution in [0.2, 0.25) is 0 Å². The fraction of sp³-hybridized carbons (Fsp3) is 0.375. The topological polar surface area (TPSA) is 75.2 Å². The Balaban J connectivity index is 2.13. The van der Waals surface area contributed by atoms with Gasteiger partial charge < -0.3 is 14.8 Å². The molecule has 2 N–H and O–H groups in total. The summed E-state index contributed by atoms with van der Waals surface area (Å²) in [4.78, 5) is 18.6. The Hall–Kier alpha value is -1.95. The van der Waals surface area contributed by atoms with Gasteiger partial charge in [0.2, 0.25) is 5.88 Å². The molecule has 0 aliphatic rings. The maximum Gasteiger partial charge on any atom is 0.258 e. The van der Waals surface area contributed by atoms with Gasteiger partial charge in [0.25, 0.3) is 5.56 Å². The molecule has 1 heterocycles. The second-order valence-corrected chi connectivity index (χ2v) is 6.20. The second-order valence-electron chi connectivity index (χ2n) is 5.40. The normalized spacial score (nSPS) is 10.9. The monoisotopic (exact) mass is 320 g/mol. The summed E-state index contributed by atoms with van der Waals surface area (Å²) < 4.78 is 5.62. The van der Waals surface area contributed by atoms with E-state index in [1.54, 1.807) is 6.26 Å². The maximum absolute atomic E-state index is 12.0. The molecule has 1 aromatic heterocycles. The van der Waals surface area contributed by atoms with Crippen LogP contribution in [0.5, 0.6) is 11.6 Å². The SMILES string of the molecule is CSc1nc(O)c(Cc2ccc(OCC(C)C)cc2)c(=O)[nH]1. The first kappa shape index (κ1) is 16.4. The largest absolute Gasteiger partial charge is 0.493 e. The average molecular weight is 320 g/mol. The van der Waals surface area contributed by atoms with Crippen molar-refractivity contribution in [2.75, 3.05) is 12.9 Å². The molecule has 0 spiro atoms. The van der Waals surface area contributed by atoms with Gasteiger partial charge in [-0.1, -0.05) is 37.7 Å². The highest BCUT2D eigenvalue weighted by Gasteiger charge is 2.11. The summed E-state index contributed by atoms with van der Waals surface area (Å²) in [5.74, 6) is 1.05. The van der Waals surface area contributed by atoms with E-state index in [1.165, 1.54) is 11.8 Å². The van der Waals surface area contributed by atoms with Gasteiger partial charge in [-0.05, 0) is 29.9 Å². The standard InChI is InChI=1S/C16H20N2O3S/c1-10(2)9-21-12-6-4-11(5-7-12)8-13-14(19)17-16(22-3)18-15(13)20/h4-7,10H,8-9H2,1-3H3,(H2,17,18,19,20). The number of aromatic hydroxyl groups is 1. The molecule has 1 aromatic carbocycles. The number of rotatable bonds is 6. The third-order valence-corrected chi connectivity index (χ3v) is 3.63. The molecule has 22 heavy (non-hydrogen) atoms. The van der Waals surface area contributed by atoms with Gasteiger partial charge in [0.15, 0.2) is 5.16 Å². The molecule has 5 nitrogen and oxygen atoms in total. The number of aromatic nitrogens is 2. The van der Waals surface area contributed by atoms with Gasteiger partial charge >= 0.3 is 0 Å². The molecule has 0 amide bonds. The van der Waals surface area contributed by atoms with E-state index in [0.29, 0.717) is 24.1 Å². The summed E-state index contributed by atoms with van der Waals surface area (Å²) >= 11 is 1.28. The first-order valence-corrected chi connectivity index (χ1v) is 8.30. The molecule has 0 radical (unpaired) electrons. The van der Waals surface area contributed by atoms with Crippen molar-refractivity contribution in [1.82, 2.24) is 9.97 Å². The molecule has 0 fully saturated rings. The lowest BCUT2D eigenvalue weighted by molar-refractivity contribution is 0.271. The summed E-state index contributed by atoms with van der Waals surface area (Å²) in [5.41, 5.74) is 0.877. The Kier molecular flexibility index (Phi) is 5.49. The van der Waals surface area contributed by atoms with Crippen molar-refractivity contribution in [2.45, 2.75) is 25.4 Å². The fourth-order valence-electron chi connectivity index (χ4n) is 1.89. The van der Waals surface area contributed by atoms with Crippen LogP contribution in [0.3, 0.4) is 0 Å². The quantitative estimate of drug-likeness (QED) is 0.632. The number of ether oxygens (including phenoxy) is 1. The molecular weight excluding hydrogens is 300 g/mol. The minimum Gasteiger partial charge on any atom is -0.493 e. The maximum atomic E-state index is 12.0. The third-order valence-electron chi connectivity index (χ3n) is 3.05. The molecule has 0 atom stereocenters. The summed E-state index contributed by atoms with van der Waals surface area (Å²) in [7, 11) is 0. The van der Waals surface area contributed by atoms with E-state index in [0.717, 1.165) is 11.3 Å². The lowest BCUT2D eigenvalue weighted by Gasteiger charge is -2.09. The molecule has 2 rings (SSSR count). The van der Waals surface area contributed by atoms with E-state index in [4.69, 9.17) is 4.74 Å². The molecule has 0 aliphatic carbocycles. The van der Waals surface area contributed by atoms with Gasteiger partial charge in [-0.15, -0.1) is 0 Å². The van der Waals surface area contributed by atoms with Gasteiger partial charge in [-0.2, -0.15) is 4.98 Å². The van der Waals surface area contributed by atoms with Crippen molar-refractivity contribution in [2.24, 2.45) is 5.92 Å². The van der Waals surface area contributed by atoms with E-state index in [1.807, 2.05) is 24.3 Å². The number of hydrogen-bond acceptors (Lipinski definition) is 5. The number of thioether (sulfide) groups is 1. The number of nitrogens with zero attached hydrogens (tertiary/aromatic N) is 1. The van der Waals surface area contributed by atoms with E-state index in [2.05, 4.69) is 23.8 Å². The zero-order valence-corrected chi connectivity index (χ0v) is 13.7. The Morgan fingerprint density at radius 3 is 2.55 bits per heavy atom. The van der Waals surface area contributed by atoms with Crippen LogP contribution in [-0.2, 0) is 6.42 Å². The molecule has 6 heteroatoms. The highest BCUT2D eigenvalue weighted by molar-refractivity contribution is 7.98. The molecule has 0 aliphatic heterocycles. The van der Waals surface area contributed by atoms with Crippen LogP contribution >= 0.6 is 11.8 Å². The molecule has 2 aromatic rings. The molecule has 118 valence electrons. The summed E-state index contributed by atoms with van der Waals surface area (Å²) in [6.45, 7) is 4.85. The number of nitrogens with one attached hydrogen (secondary N) is 1. The lowest BCUT2D eigenvalue weighted by Crippen LogP contribution is -2.15. The van der Waals surface area contributed by atoms with Crippen LogP contribution < -0.4 is 10.3 Å². The zero-order chi connectivity index (χ0) is 16.1. The van der Waals surface area contributed by atoms with Crippen molar-refractivity contribution in [3.8, 4) is 11.6 Å².